The Labute approximate surface area is 170 Å². The van der Waals surface area contributed by atoms with Crippen LogP contribution in [0.1, 0.15) is 37.6 Å². The van der Waals surface area contributed by atoms with Gasteiger partial charge in [0.2, 0.25) is 11.8 Å². The fourth-order valence-electron chi connectivity index (χ4n) is 2.73. The zero-order valence-corrected chi connectivity index (χ0v) is 17.1. The number of carbonyl (C=O) groups is 3. The van der Waals surface area contributed by atoms with Crippen LogP contribution in [0.2, 0.25) is 0 Å². The number of para-hydroxylation sites is 2. The van der Waals surface area contributed by atoms with E-state index in [2.05, 4.69) is 10.1 Å². The number of hydrogen-bond donors (Lipinski definition) is 1. The molecule has 7 heteroatoms. The molecule has 0 radical (unpaired) electrons. The zero-order valence-electron chi connectivity index (χ0n) is 17.1. The Bertz CT molecular complexity index is 862. The molecule has 0 aromatic heterocycles. The summed E-state index contributed by atoms with van der Waals surface area (Å²) in [6.07, 6.45) is 0.0650. The number of methoxy groups -OCH3 is 1. The van der Waals surface area contributed by atoms with Crippen LogP contribution in [0.25, 0.3) is 0 Å². The largest absolute Gasteiger partial charge is 0.489 e. The number of nitrogens with one attached hydrogen (secondary N) is 1. The number of benzene rings is 2. The summed E-state index contributed by atoms with van der Waals surface area (Å²) < 4.78 is 10.4. The van der Waals surface area contributed by atoms with Gasteiger partial charge in [0.15, 0.2) is 0 Å². The van der Waals surface area contributed by atoms with Crippen LogP contribution in [0.15, 0.2) is 48.5 Å². The van der Waals surface area contributed by atoms with Crippen molar-refractivity contribution in [1.29, 1.82) is 0 Å². The molecule has 2 rings (SSSR count). The van der Waals surface area contributed by atoms with Gasteiger partial charge in [-0.25, -0.2) is 4.79 Å². The Morgan fingerprint density at radius 1 is 1.03 bits per heavy atom. The molecule has 29 heavy (non-hydrogen) atoms. The van der Waals surface area contributed by atoms with E-state index in [0.717, 1.165) is 0 Å². The first-order valence-electron chi connectivity index (χ1n) is 9.33. The summed E-state index contributed by atoms with van der Waals surface area (Å²) in [5.41, 5.74) is 1.58. The molecular weight excluding hydrogens is 372 g/mol. The maximum atomic E-state index is 12.3. The Morgan fingerprint density at radius 2 is 1.69 bits per heavy atom. The second kappa shape index (κ2) is 10.3. The second-order valence-corrected chi connectivity index (χ2v) is 6.67. The van der Waals surface area contributed by atoms with Crippen LogP contribution in [-0.2, 0) is 14.3 Å². The minimum absolute atomic E-state index is 0.0405. The van der Waals surface area contributed by atoms with Gasteiger partial charge >= 0.3 is 5.97 Å². The van der Waals surface area contributed by atoms with Crippen LogP contribution < -0.4 is 15.0 Å². The number of anilines is 2. The van der Waals surface area contributed by atoms with Gasteiger partial charge in [-0.15, -0.1) is 0 Å². The molecule has 0 saturated heterocycles. The summed E-state index contributed by atoms with van der Waals surface area (Å²) in [6.45, 7) is 5.48. The topological polar surface area (TPSA) is 84.9 Å². The summed E-state index contributed by atoms with van der Waals surface area (Å²) in [6, 6.07) is 13.6. The van der Waals surface area contributed by atoms with Crippen molar-refractivity contribution in [3.63, 3.8) is 0 Å². The van der Waals surface area contributed by atoms with E-state index in [1.54, 1.807) is 36.4 Å². The number of amides is 2. The molecule has 2 aromatic carbocycles. The van der Waals surface area contributed by atoms with E-state index in [-0.39, 0.29) is 30.9 Å². The van der Waals surface area contributed by atoms with Gasteiger partial charge in [-0.2, -0.15) is 0 Å². The highest BCUT2D eigenvalue weighted by Crippen LogP contribution is 2.29. The molecule has 0 aliphatic rings. The zero-order chi connectivity index (χ0) is 21.4. The molecule has 1 N–H and O–H groups in total. The van der Waals surface area contributed by atoms with Crippen molar-refractivity contribution in [1.82, 2.24) is 0 Å². The molecule has 0 saturated carbocycles. The molecule has 0 unspecified atom stereocenters. The molecule has 2 aromatic rings. The molecular formula is C22H26N2O5. The number of ether oxygens (including phenoxy) is 2. The minimum atomic E-state index is -0.442. The number of nitrogens with zero attached hydrogens (tertiary/aromatic N) is 1. The summed E-state index contributed by atoms with van der Waals surface area (Å²) in [5.74, 6) is -0.275. The third-order valence-corrected chi connectivity index (χ3v) is 4.05. The van der Waals surface area contributed by atoms with Gasteiger partial charge in [0.05, 0.1) is 24.5 Å². The lowest BCUT2D eigenvalue weighted by Gasteiger charge is -2.24. The summed E-state index contributed by atoms with van der Waals surface area (Å²) in [7, 11) is 1.31. The summed E-state index contributed by atoms with van der Waals surface area (Å²) >= 11 is 0. The van der Waals surface area contributed by atoms with E-state index in [0.29, 0.717) is 22.7 Å². The summed E-state index contributed by atoms with van der Waals surface area (Å²) in [5, 5.41) is 2.76. The van der Waals surface area contributed by atoms with E-state index in [4.69, 9.17) is 4.74 Å². The molecule has 0 heterocycles. The standard InChI is InChI=1S/C22H26N2O5/c1-15(2)29-20-8-6-5-7-19(20)24(16(3)25)14-13-21(26)23-18-11-9-17(10-12-18)22(27)28-4/h5-12,15H,13-14H2,1-4H3,(H,23,26). The Hall–Kier alpha value is -3.35. The van der Waals surface area contributed by atoms with Crippen LogP contribution >= 0.6 is 0 Å². The van der Waals surface area contributed by atoms with E-state index in [1.807, 2.05) is 26.0 Å². The van der Waals surface area contributed by atoms with E-state index in [9.17, 15) is 14.4 Å². The lowest BCUT2D eigenvalue weighted by molar-refractivity contribution is -0.117. The monoisotopic (exact) mass is 398 g/mol. The smallest absolute Gasteiger partial charge is 0.337 e. The number of hydrogen-bond acceptors (Lipinski definition) is 5. The number of carbonyl (C=O) groups excluding carboxylic acids is 3. The van der Waals surface area contributed by atoms with Crippen molar-refractivity contribution in [3.05, 3.63) is 54.1 Å². The second-order valence-electron chi connectivity index (χ2n) is 6.67. The first-order valence-corrected chi connectivity index (χ1v) is 9.33. The fraction of sp³-hybridized carbons (Fsp3) is 0.318. The quantitative estimate of drug-likeness (QED) is 0.686. The lowest BCUT2D eigenvalue weighted by Crippen LogP contribution is -2.32. The molecule has 0 aliphatic heterocycles. The van der Waals surface area contributed by atoms with Crippen LogP contribution in [-0.4, -0.2) is 37.5 Å². The van der Waals surface area contributed by atoms with Crippen LogP contribution in [0, 0.1) is 0 Å². The average molecular weight is 398 g/mol. The maximum absolute atomic E-state index is 12.3. The van der Waals surface area contributed by atoms with Crippen molar-refractivity contribution < 1.29 is 23.9 Å². The third kappa shape index (κ3) is 6.34. The molecule has 7 nitrogen and oxygen atoms in total. The molecule has 154 valence electrons. The molecule has 2 amide bonds. The lowest BCUT2D eigenvalue weighted by atomic mass is 10.2. The van der Waals surface area contributed by atoms with Crippen LogP contribution in [0.4, 0.5) is 11.4 Å². The van der Waals surface area contributed by atoms with Crippen LogP contribution in [0.5, 0.6) is 5.75 Å². The van der Waals surface area contributed by atoms with Gasteiger partial charge in [-0.1, -0.05) is 12.1 Å². The highest BCUT2D eigenvalue weighted by molar-refractivity contribution is 5.96. The molecule has 0 bridgehead atoms. The number of rotatable bonds is 8. The van der Waals surface area contributed by atoms with Crippen molar-refractivity contribution >= 4 is 29.2 Å². The van der Waals surface area contributed by atoms with E-state index >= 15 is 0 Å². The maximum Gasteiger partial charge on any atom is 0.337 e. The summed E-state index contributed by atoms with van der Waals surface area (Å²) in [4.78, 5) is 37.5. The van der Waals surface area contributed by atoms with Gasteiger partial charge in [-0.05, 0) is 50.2 Å². The van der Waals surface area contributed by atoms with Crippen molar-refractivity contribution in [2.75, 3.05) is 23.9 Å². The predicted octanol–water partition coefficient (Wildman–Crippen LogP) is 3.64. The van der Waals surface area contributed by atoms with Gasteiger partial charge in [0, 0.05) is 25.6 Å². The Morgan fingerprint density at radius 3 is 2.28 bits per heavy atom. The first-order chi connectivity index (χ1) is 13.8. The normalized spacial score (nSPS) is 10.4. The highest BCUT2D eigenvalue weighted by Gasteiger charge is 2.18. The average Bonchev–Trinajstić information content (AvgIpc) is 2.68. The van der Waals surface area contributed by atoms with Crippen molar-refractivity contribution in [3.8, 4) is 5.75 Å². The highest BCUT2D eigenvalue weighted by atomic mass is 16.5. The van der Waals surface area contributed by atoms with Gasteiger partial charge in [0.1, 0.15) is 5.75 Å². The molecule has 0 spiro atoms. The molecule has 0 fully saturated rings. The van der Waals surface area contributed by atoms with Crippen molar-refractivity contribution in [2.45, 2.75) is 33.3 Å². The fourth-order valence-corrected chi connectivity index (χ4v) is 2.73. The van der Waals surface area contributed by atoms with Gasteiger partial charge < -0.3 is 19.7 Å². The van der Waals surface area contributed by atoms with Crippen LogP contribution in [0.3, 0.4) is 0 Å². The van der Waals surface area contributed by atoms with Gasteiger partial charge in [0.25, 0.3) is 0 Å². The number of esters is 1. The third-order valence-electron chi connectivity index (χ3n) is 4.05. The van der Waals surface area contributed by atoms with Gasteiger partial charge in [-0.3, -0.25) is 9.59 Å². The minimum Gasteiger partial charge on any atom is -0.489 e. The van der Waals surface area contributed by atoms with E-state index < -0.39 is 5.97 Å². The first kappa shape index (κ1) is 21.9. The SMILES string of the molecule is COC(=O)c1ccc(NC(=O)CCN(C(C)=O)c2ccccc2OC(C)C)cc1. The molecule has 0 atom stereocenters. The van der Waals surface area contributed by atoms with E-state index in [1.165, 1.54) is 18.9 Å². The Kier molecular flexibility index (Phi) is 7.77. The Balaban J connectivity index is 2.03. The molecule has 0 aliphatic carbocycles. The van der Waals surface area contributed by atoms with Crippen molar-refractivity contribution in [2.24, 2.45) is 0 Å². The predicted molar refractivity (Wildman–Crippen MR) is 111 cm³/mol.